The van der Waals surface area contributed by atoms with Gasteiger partial charge in [-0.1, -0.05) is 30.3 Å². The van der Waals surface area contributed by atoms with Crippen LogP contribution in [0.2, 0.25) is 0 Å². The molecule has 10 heteroatoms. The lowest BCUT2D eigenvalue weighted by Crippen LogP contribution is -2.31. The number of para-hydroxylation sites is 2. The molecule has 0 spiro atoms. The lowest BCUT2D eigenvalue weighted by molar-refractivity contribution is -0.143. The number of carbonyl (C=O) groups excluding carboxylic acids is 2. The van der Waals surface area contributed by atoms with Crippen molar-refractivity contribution in [2.45, 2.75) is 20.5 Å². The number of nitrogen functional groups attached to an aromatic ring is 1. The van der Waals surface area contributed by atoms with Crippen LogP contribution in [0.3, 0.4) is 0 Å². The number of nitrogens with two attached hydrogens (primary N) is 1. The van der Waals surface area contributed by atoms with Crippen LogP contribution in [0.15, 0.2) is 48.5 Å². The first-order chi connectivity index (χ1) is 15.5. The Kier molecular flexibility index (Phi) is 7.52. The van der Waals surface area contributed by atoms with Gasteiger partial charge >= 0.3 is 5.97 Å². The summed E-state index contributed by atoms with van der Waals surface area (Å²) in [5.41, 5.74) is 7.90. The fourth-order valence-electron chi connectivity index (χ4n) is 2.77. The van der Waals surface area contributed by atoms with Gasteiger partial charge in [0, 0.05) is 5.69 Å². The number of anilines is 3. The van der Waals surface area contributed by atoms with Gasteiger partial charge in [0.05, 0.1) is 12.2 Å². The van der Waals surface area contributed by atoms with E-state index in [0.717, 1.165) is 11.3 Å². The zero-order valence-corrected chi connectivity index (χ0v) is 17.8. The molecule has 0 saturated heterocycles. The van der Waals surface area contributed by atoms with Crippen molar-refractivity contribution in [2.75, 3.05) is 24.2 Å². The third-order valence-electron chi connectivity index (χ3n) is 4.28. The van der Waals surface area contributed by atoms with Gasteiger partial charge in [-0.15, -0.1) is 0 Å². The van der Waals surface area contributed by atoms with E-state index in [2.05, 4.69) is 25.6 Å². The Balaban J connectivity index is 1.55. The molecule has 166 valence electrons. The lowest BCUT2D eigenvalue weighted by atomic mass is 10.2. The second kappa shape index (κ2) is 10.7. The molecule has 0 saturated carbocycles. The van der Waals surface area contributed by atoms with Crippen molar-refractivity contribution in [1.82, 2.24) is 20.3 Å². The van der Waals surface area contributed by atoms with Gasteiger partial charge in [0.25, 0.3) is 5.91 Å². The van der Waals surface area contributed by atoms with E-state index in [0.29, 0.717) is 17.9 Å². The molecule has 0 aliphatic rings. The summed E-state index contributed by atoms with van der Waals surface area (Å²) in [4.78, 5) is 36.7. The molecule has 1 aromatic heterocycles. The summed E-state index contributed by atoms with van der Waals surface area (Å²) in [5.74, 6) is -0.258. The lowest BCUT2D eigenvalue weighted by Gasteiger charge is -2.11. The molecule has 4 N–H and O–H groups in total. The number of esters is 1. The van der Waals surface area contributed by atoms with E-state index in [1.54, 1.807) is 24.3 Å². The minimum Gasteiger partial charge on any atom is -0.493 e. The third kappa shape index (κ3) is 6.14. The number of rotatable bonds is 9. The first-order valence-electron chi connectivity index (χ1n) is 9.95. The number of nitrogens with one attached hydrogen (secondary N) is 2. The zero-order valence-electron chi connectivity index (χ0n) is 17.8. The van der Waals surface area contributed by atoms with Crippen molar-refractivity contribution in [3.63, 3.8) is 0 Å². The number of aryl methyl sites for hydroxylation is 1. The Hall–Kier alpha value is -4.21. The number of nitrogens with zero attached hydrogens (tertiary/aromatic N) is 3. The molecule has 1 amide bonds. The molecule has 0 atom stereocenters. The highest BCUT2D eigenvalue weighted by molar-refractivity contribution is 5.98. The van der Waals surface area contributed by atoms with Gasteiger partial charge in [-0.05, 0) is 37.6 Å². The first-order valence-corrected chi connectivity index (χ1v) is 9.95. The Morgan fingerprint density at radius 1 is 1.03 bits per heavy atom. The molecule has 0 bridgehead atoms. The van der Waals surface area contributed by atoms with Crippen molar-refractivity contribution in [2.24, 2.45) is 0 Å². The smallest absolute Gasteiger partial charge is 0.325 e. The van der Waals surface area contributed by atoms with E-state index in [1.165, 1.54) is 0 Å². The fourth-order valence-corrected chi connectivity index (χ4v) is 2.77. The minimum atomic E-state index is -0.653. The average Bonchev–Trinajstić information content (AvgIpc) is 2.78. The van der Waals surface area contributed by atoms with Crippen molar-refractivity contribution < 1.29 is 19.1 Å². The number of benzene rings is 2. The standard InChI is InChI=1S/C22H24N6O4/c1-3-31-17-11-7-5-9-15(17)20(30)24-12-19(29)32-13-18-26-21(23)28-22(27-18)25-16-10-6-4-8-14(16)2/h4-11H,3,12-13H2,1-2H3,(H,24,30)(H3,23,25,26,27,28). The monoisotopic (exact) mass is 436 g/mol. The fraction of sp³-hybridized carbons (Fsp3) is 0.227. The van der Waals surface area contributed by atoms with E-state index >= 15 is 0 Å². The molecule has 2 aromatic carbocycles. The highest BCUT2D eigenvalue weighted by Gasteiger charge is 2.14. The summed E-state index contributed by atoms with van der Waals surface area (Å²) < 4.78 is 10.6. The molecule has 0 unspecified atom stereocenters. The molecular formula is C22H24N6O4. The molecular weight excluding hydrogens is 412 g/mol. The van der Waals surface area contributed by atoms with E-state index in [4.69, 9.17) is 15.2 Å². The first kappa shape index (κ1) is 22.5. The number of ether oxygens (including phenoxy) is 2. The summed E-state index contributed by atoms with van der Waals surface area (Å²) in [7, 11) is 0. The van der Waals surface area contributed by atoms with Gasteiger partial charge < -0.3 is 25.8 Å². The average molecular weight is 436 g/mol. The second-order valence-corrected chi connectivity index (χ2v) is 6.65. The van der Waals surface area contributed by atoms with Crippen molar-refractivity contribution in [3.8, 4) is 5.75 Å². The summed E-state index contributed by atoms with van der Waals surface area (Å²) in [6.45, 7) is 3.63. The maximum Gasteiger partial charge on any atom is 0.325 e. The van der Waals surface area contributed by atoms with Crippen LogP contribution in [-0.2, 0) is 16.1 Å². The van der Waals surface area contributed by atoms with Gasteiger partial charge in [-0.2, -0.15) is 15.0 Å². The van der Waals surface area contributed by atoms with Gasteiger partial charge in [0.1, 0.15) is 12.3 Å². The van der Waals surface area contributed by atoms with Crippen LogP contribution in [0, 0.1) is 6.92 Å². The van der Waals surface area contributed by atoms with E-state index in [-0.39, 0.29) is 30.9 Å². The SMILES string of the molecule is CCOc1ccccc1C(=O)NCC(=O)OCc1nc(N)nc(Nc2ccccc2C)n1. The van der Waals surface area contributed by atoms with Crippen molar-refractivity contribution >= 4 is 29.5 Å². The highest BCUT2D eigenvalue weighted by Crippen LogP contribution is 2.18. The Labute approximate surface area is 185 Å². The van der Waals surface area contributed by atoms with Crippen LogP contribution < -0.4 is 21.1 Å². The molecule has 1 heterocycles. The minimum absolute atomic E-state index is 0.0111. The number of hydrogen-bond acceptors (Lipinski definition) is 9. The van der Waals surface area contributed by atoms with Crippen LogP contribution in [-0.4, -0.2) is 40.0 Å². The van der Waals surface area contributed by atoms with Gasteiger partial charge in [-0.25, -0.2) is 0 Å². The molecule has 0 fully saturated rings. The summed E-state index contributed by atoms with van der Waals surface area (Å²) in [5, 5.41) is 5.58. The molecule has 10 nitrogen and oxygen atoms in total. The molecule has 0 radical (unpaired) electrons. The second-order valence-electron chi connectivity index (χ2n) is 6.65. The van der Waals surface area contributed by atoms with Crippen molar-refractivity contribution in [3.05, 3.63) is 65.5 Å². The largest absolute Gasteiger partial charge is 0.493 e. The normalized spacial score (nSPS) is 10.3. The topological polar surface area (TPSA) is 141 Å². The van der Waals surface area contributed by atoms with Gasteiger partial charge in [0.2, 0.25) is 11.9 Å². The number of amides is 1. The number of hydrogen-bond donors (Lipinski definition) is 3. The number of carbonyl (C=O) groups is 2. The quantitative estimate of drug-likeness (QED) is 0.431. The Morgan fingerprint density at radius 2 is 1.78 bits per heavy atom. The molecule has 3 rings (SSSR count). The van der Waals surface area contributed by atoms with Gasteiger partial charge in [0.15, 0.2) is 12.4 Å². The summed E-state index contributed by atoms with van der Waals surface area (Å²) >= 11 is 0. The Bertz CT molecular complexity index is 1110. The van der Waals surface area contributed by atoms with E-state index in [1.807, 2.05) is 38.1 Å². The number of aromatic nitrogens is 3. The van der Waals surface area contributed by atoms with Crippen LogP contribution >= 0.6 is 0 Å². The predicted molar refractivity (Wildman–Crippen MR) is 118 cm³/mol. The van der Waals surface area contributed by atoms with Crippen LogP contribution in [0.1, 0.15) is 28.7 Å². The summed E-state index contributed by atoms with van der Waals surface area (Å²) in [6.07, 6.45) is 0. The maximum absolute atomic E-state index is 12.4. The van der Waals surface area contributed by atoms with Crippen molar-refractivity contribution in [1.29, 1.82) is 0 Å². The molecule has 32 heavy (non-hydrogen) atoms. The molecule has 3 aromatic rings. The zero-order chi connectivity index (χ0) is 22.9. The third-order valence-corrected chi connectivity index (χ3v) is 4.28. The Morgan fingerprint density at radius 3 is 2.56 bits per heavy atom. The highest BCUT2D eigenvalue weighted by atomic mass is 16.5. The van der Waals surface area contributed by atoms with E-state index in [9.17, 15) is 9.59 Å². The van der Waals surface area contributed by atoms with Crippen LogP contribution in [0.5, 0.6) is 5.75 Å². The van der Waals surface area contributed by atoms with Crippen LogP contribution in [0.25, 0.3) is 0 Å². The maximum atomic E-state index is 12.4. The van der Waals surface area contributed by atoms with Gasteiger partial charge in [-0.3, -0.25) is 9.59 Å². The summed E-state index contributed by atoms with van der Waals surface area (Å²) in [6, 6.07) is 14.4. The predicted octanol–water partition coefficient (Wildman–Crippen LogP) is 2.38. The molecule has 0 aliphatic carbocycles. The van der Waals surface area contributed by atoms with Crippen LogP contribution in [0.4, 0.5) is 17.6 Å². The van der Waals surface area contributed by atoms with E-state index < -0.39 is 11.9 Å². The molecule has 0 aliphatic heterocycles.